The summed E-state index contributed by atoms with van der Waals surface area (Å²) in [5.74, 6) is 0. The van der Waals surface area contributed by atoms with Crippen molar-refractivity contribution in [1.29, 1.82) is 0 Å². The largest absolute Gasteiger partial charge is 0.494 e. The molecule has 0 aliphatic carbocycles. The minimum atomic E-state index is -4.47. The molecule has 0 amide bonds. The van der Waals surface area contributed by atoms with Gasteiger partial charge < -0.3 is 18.8 Å². The van der Waals surface area contributed by atoms with E-state index in [9.17, 15) is 13.2 Å². The van der Waals surface area contributed by atoms with Gasteiger partial charge in [0, 0.05) is 0 Å². The first-order valence-electron chi connectivity index (χ1n) is 8.27. The molecule has 2 saturated heterocycles. The molecule has 0 saturated carbocycles. The quantitative estimate of drug-likeness (QED) is 0.762. The fraction of sp³-hybridized carbons (Fsp3) is 0.647. The van der Waals surface area contributed by atoms with Crippen LogP contribution in [0.5, 0.6) is 0 Å². The topological polar surface area (TPSA) is 36.9 Å². The maximum Gasteiger partial charge on any atom is 0.494 e. The number of benzene rings is 1. The smallest absolute Gasteiger partial charge is 0.399 e. The number of ether oxygens (including phenoxy) is 2. The molecule has 1 atom stereocenters. The van der Waals surface area contributed by atoms with Crippen LogP contribution in [0.1, 0.15) is 44.9 Å². The lowest BCUT2D eigenvalue weighted by atomic mass is 9.77. The van der Waals surface area contributed by atoms with Gasteiger partial charge >= 0.3 is 13.3 Å². The van der Waals surface area contributed by atoms with E-state index in [1.165, 1.54) is 0 Å². The maximum atomic E-state index is 13.4. The van der Waals surface area contributed by atoms with Gasteiger partial charge in [-0.05, 0) is 44.8 Å². The summed E-state index contributed by atoms with van der Waals surface area (Å²) in [5, 5.41) is 0. The lowest BCUT2D eigenvalue weighted by molar-refractivity contribution is -0.137. The normalized spacial score (nSPS) is 26.0. The Bertz CT molecular complexity index is 623. The van der Waals surface area contributed by atoms with E-state index in [-0.39, 0.29) is 6.61 Å². The highest BCUT2D eigenvalue weighted by atomic mass is 19.4. The summed E-state index contributed by atoms with van der Waals surface area (Å²) in [6.07, 6.45) is -5.00. The van der Waals surface area contributed by atoms with E-state index in [2.05, 4.69) is 0 Å². The fourth-order valence-corrected chi connectivity index (χ4v) is 2.82. The Kier molecular flexibility index (Phi) is 4.69. The van der Waals surface area contributed by atoms with Crippen molar-refractivity contribution in [3.63, 3.8) is 0 Å². The Hall–Kier alpha value is -1.09. The molecular weight excluding hydrogens is 336 g/mol. The Morgan fingerprint density at radius 1 is 1.00 bits per heavy atom. The minimum Gasteiger partial charge on any atom is -0.399 e. The lowest BCUT2D eigenvalue weighted by Gasteiger charge is -2.32. The van der Waals surface area contributed by atoms with Gasteiger partial charge in [0.1, 0.15) is 6.10 Å². The summed E-state index contributed by atoms with van der Waals surface area (Å²) in [6, 6.07) is 3.83. The van der Waals surface area contributed by atoms with E-state index < -0.39 is 36.2 Å². The molecule has 2 aliphatic rings. The van der Waals surface area contributed by atoms with Gasteiger partial charge in [-0.1, -0.05) is 12.1 Å². The Morgan fingerprint density at radius 3 is 2.16 bits per heavy atom. The third-order valence-electron chi connectivity index (χ3n) is 5.02. The van der Waals surface area contributed by atoms with Crippen LogP contribution in [0.4, 0.5) is 13.2 Å². The predicted octanol–water partition coefficient (Wildman–Crippen LogP) is 3.09. The van der Waals surface area contributed by atoms with Crippen LogP contribution >= 0.6 is 0 Å². The zero-order chi connectivity index (χ0) is 18.5. The van der Waals surface area contributed by atoms with Gasteiger partial charge in [0.05, 0.1) is 36.6 Å². The van der Waals surface area contributed by atoms with E-state index in [1.807, 2.05) is 27.7 Å². The SMILES string of the molecule is CC1(C)OB(c2cc(C3COCCO3)cc(C(F)(F)F)c2)OC1(C)C. The fourth-order valence-electron chi connectivity index (χ4n) is 2.82. The summed E-state index contributed by atoms with van der Waals surface area (Å²) < 4.78 is 62.7. The third-order valence-corrected chi connectivity index (χ3v) is 5.02. The number of rotatable bonds is 2. The average molecular weight is 358 g/mol. The first-order valence-corrected chi connectivity index (χ1v) is 8.27. The van der Waals surface area contributed by atoms with Gasteiger partial charge in [-0.2, -0.15) is 13.2 Å². The summed E-state index contributed by atoms with van der Waals surface area (Å²) >= 11 is 0. The predicted molar refractivity (Wildman–Crippen MR) is 86.7 cm³/mol. The summed E-state index contributed by atoms with van der Waals surface area (Å²) in [7, 11) is -0.865. The molecule has 1 aromatic carbocycles. The van der Waals surface area contributed by atoms with Gasteiger partial charge in [-0.25, -0.2) is 0 Å². The van der Waals surface area contributed by atoms with Crippen molar-refractivity contribution in [1.82, 2.24) is 0 Å². The molecule has 2 fully saturated rings. The van der Waals surface area contributed by atoms with E-state index >= 15 is 0 Å². The molecule has 8 heteroatoms. The summed E-state index contributed by atoms with van der Waals surface area (Å²) in [6.45, 7) is 8.47. The monoisotopic (exact) mass is 358 g/mol. The van der Waals surface area contributed by atoms with Crippen LogP contribution < -0.4 is 5.46 Å². The standard InChI is InChI=1S/C17H22BF3O4/c1-15(2)16(3,4)25-18(24-15)13-8-11(14-10-22-5-6-23-14)7-12(9-13)17(19,20)21/h7-9,14H,5-6,10H2,1-4H3. The van der Waals surface area contributed by atoms with Crippen molar-refractivity contribution in [2.45, 2.75) is 51.2 Å². The van der Waals surface area contributed by atoms with Gasteiger partial charge in [-0.15, -0.1) is 0 Å². The van der Waals surface area contributed by atoms with Crippen LogP contribution in [0, 0.1) is 0 Å². The lowest BCUT2D eigenvalue weighted by Crippen LogP contribution is -2.41. The van der Waals surface area contributed by atoms with Gasteiger partial charge in [0.2, 0.25) is 0 Å². The van der Waals surface area contributed by atoms with E-state index in [1.54, 1.807) is 6.07 Å². The molecular formula is C17H22BF3O4. The molecule has 4 nitrogen and oxygen atoms in total. The van der Waals surface area contributed by atoms with Crippen molar-refractivity contribution < 1.29 is 32.0 Å². The van der Waals surface area contributed by atoms with Crippen molar-refractivity contribution in [3.05, 3.63) is 29.3 Å². The maximum absolute atomic E-state index is 13.4. The summed E-state index contributed by atoms with van der Waals surface area (Å²) in [5.41, 5.74) is -1.26. The second-order valence-corrected chi connectivity index (χ2v) is 7.41. The highest BCUT2D eigenvalue weighted by Gasteiger charge is 2.52. The minimum absolute atomic E-state index is 0.226. The van der Waals surface area contributed by atoms with Crippen LogP contribution in [0.3, 0.4) is 0 Å². The molecule has 1 unspecified atom stereocenters. The second-order valence-electron chi connectivity index (χ2n) is 7.41. The Morgan fingerprint density at radius 2 is 1.64 bits per heavy atom. The Balaban J connectivity index is 1.98. The van der Waals surface area contributed by atoms with Gasteiger partial charge in [0.15, 0.2) is 0 Å². The summed E-state index contributed by atoms with van der Waals surface area (Å²) in [4.78, 5) is 0. The Labute approximate surface area is 145 Å². The van der Waals surface area contributed by atoms with Crippen LogP contribution in [0.2, 0.25) is 0 Å². The van der Waals surface area contributed by atoms with E-state index in [4.69, 9.17) is 18.8 Å². The van der Waals surface area contributed by atoms with E-state index in [0.717, 1.165) is 12.1 Å². The molecule has 0 bridgehead atoms. The molecule has 3 rings (SSSR count). The molecule has 0 radical (unpaired) electrons. The molecule has 0 aromatic heterocycles. The van der Waals surface area contributed by atoms with Crippen molar-refractivity contribution in [3.8, 4) is 0 Å². The number of hydrogen-bond donors (Lipinski definition) is 0. The highest BCUT2D eigenvalue weighted by molar-refractivity contribution is 6.62. The van der Waals surface area contributed by atoms with Gasteiger partial charge in [0.25, 0.3) is 0 Å². The second kappa shape index (κ2) is 6.26. The van der Waals surface area contributed by atoms with Crippen LogP contribution in [-0.4, -0.2) is 38.1 Å². The average Bonchev–Trinajstić information content (AvgIpc) is 2.75. The van der Waals surface area contributed by atoms with E-state index in [0.29, 0.717) is 24.2 Å². The van der Waals surface area contributed by atoms with Crippen LogP contribution in [0.25, 0.3) is 0 Å². The molecule has 0 N–H and O–H groups in total. The van der Waals surface area contributed by atoms with Crippen LogP contribution in [-0.2, 0) is 25.0 Å². The first-order chi connectivity index (χ1) is 11.5. The molecule has 0 spiro atoms. The van der Waals surface area contributed by atoms with Crippen LogP contribution in [0.15, 0.2) is 18.2 Å². The van der Waals surface area contributed by atoms with Gasteiger partial charge in [-0.3, -0.25) is 0 Å². The molecule has 138 valence electrons. The van der Waals surface area contributed by atoms with Crippen molar-refractivity contribution in [2.75, 3.05) is 19.8 Å². The molecule has 1 aromatic rings. The zero-order valence-electron chi connectivity index (χ0n) is 14.8. The number of hydrogen-bond acceptors (Lipinski definition) is 4. The first kappa shape index (κ1) is 18.7. The zero-order valence-corrected chi connectivity index (χ0v) is 14.8. The van der Waals surface area contributed by atoms with Crippen molar-refractivity contribution >= 4 is 12.6 Å². The third kappa shape index (κ3) is 3.72. The highest BCUT2D eigenvalue weighted by Crippen LogP contribution is 2.37. The molecule has 2 aliphatic heterocycles. The molecule has 2 heterocycles. The number of alkyl halides is 3. The van der Waals surface area contributed by atoms with Crippen molar-refractivity contribution in [2.24, 2.45) is 0 Å². The number of halogens is 3. The molecule has 25 heavy (non-hydrogen) atoms.